The molecule has 0 aromatic heterocycles. The van der Waals surface area contributed by atoms with Crippen molar-refractivity contribution in [2.45, 2.75) is 0 Å². The van der Waals surface area contributed by atoms with E-state index in [1.165, 1.54) is 6.26 Å². The summed E-state index contributed by atoms with van der Waals surface area (Å²) in [7, 11) is -0.0727. The zero-order valence-electron chi connectivity index (χ0n) is 4.11. The lowest BCUT2D eigenvalue weighted by atomic mass is 10.6. The van der Waals surface area contributed by atoms with Gasteiger partial charge < -0.3 is 4.89 Å². The SMILES string of the molecule is C1=COO[SiH]SC=C1. The quantitative estimate of drug-likeness (QED) is 0.374. The van der Waals surface area contributed by atoms with Gasteiger partial charge in [-0.3, -0.25) is 0 Å². The Kier molecular flexibility index (Phi) is 2.79. The third-order valence-corrected chi connectivity index (χ3v) is 2.21. The fourth-order valence-corrected chi connectivity index (χ4v) is 1.41. The molecular weight excluding hydrogens is 140 g/mol. The van der Waals surface area contributed by atoms with E-state index >= 15 is 0 Å². The van der Waals surface area contributed by atoms with Crippen LogP contribution in [-0.4, -0.2) is 8.91 Å². The molecule has 8 heavy (non-hydrogen) atoms. The van der Waals surface area contributed by atoms with E-state index in [2.05, 4.69) is 9.46 Å². The lowest BCUT2D eigenvalue weighted by molar-refractivity contribution is -0.145. The molecule has 1 aliphatic rings. The molecule has 1 aliphatic heterocycles. The minimum Gasteiger partial charge on any atom is -0.357 e. The van der Waals surface area contributed by atoms with Crippen molar-refractivity contribution >= 4 is 20.1 Å². The van der Waals surface area contributed by atoms with Crippen molar-refractivity contribution in [2.24, 2.45) is 0 Å². The average Bonchev–Trinajstić information content (AvgIpc) is 1.62. The molecular formula is C4H5O2SSi. The first-order chi connectivity index (χ1) is 4.00. The lowest BCUT2D eigenvalue weighted by Gasteiger charge is -1.97. The number of hydrogen-bond acceptors (Lipinski definition) is 3. The molecule has 0 aromatic carbocycles. The highest BCUT2D eigenvalue weighted by Gasteiger charge is 1.87. The van der Waals surface area contributed by atoms with Crippen LogP contribution in [-0.2, 0) is 9.46 Å². The first kappa shape index (κ1) is 5.93. The molecule has 2 nitrogen and oxygen atoms in total. The molecule has 1 radical (unpaired) electrons. The highest BCUT2D eigenvalue weighted by atomic mass is 32.4. The predicted molar refractivity (Wildman–Crippen MR) is 35.2 cm³/mol. The third kappa shape index (κ3) is 2.20. The van der Waals surface area contributed by atoms with Crippen molar-refractivity contribution in [3.63, 3.8) is 0 Å². The van der Waals surface area contributed by atoms with Gasteiger partial charge >= 0.3 is 8.91 Å². The molecule has 43 valence electrons. The van der Waals surface area contributed by atoms with Gasteiger partial charge in [-0.25, -0.2) is 4.58 Å². The van der Waals surface area contributed by atoms with Gasteiger partial charge in [0.15, 0.2) is 0 Å². The molecule has 0 amide bonds. The van der Waals surface area contributed by atoms with E-state index in [1.54, 1.807) is 17.3 Å². The standard InChI is InChI=1S/C4H5O2SSi/c1-2-4-7-8-6-5-3-1/h1-4,8H. The molecule has 0 unspecified atom stereocenters. The van der Waals surface area contributed by atoms with E-state index in [9.17, 15) is 0 Å². The van der Waals surface area contributed by atoms with Crippen LogP contribution in [0.5, 0.6) is 0 Å². The van der Waals surface area contributed by atoms with Crippen molar-refractivity contribution in [3.05, 3.63) is 23.8 Å². The van der Waals surface area contributed by atoms with Crippen LogP contribution in [0.2, 0.25) is 0 Å². The Hall–Kier alpha value is -0.193. The monoisotopic (exact) mass is 145 g/mol. The minimum absolute atomic E-state index is 0.0727. The Morgan fingerprint density at radius 1 is 1.38 bits per heavy atom. The Morgan fingerprint density at radius 3 is 3.38 bits per heavy atom. The Balaban J connectivity index is 2.33. The molecule has 0 fully saturated rings. The van der Waals surface area contributed by atoms with Crippen LogP contribution in [0.15, 0.2) is 23.8 Å². The van der Waals surface area contributed by atoms with Gasteiger partial charge in [0.05, 0.1) is 0 Å². The molecule has 4 heteroatoms. The van der Waals surface area contributed by atoms with Crippen molar-refractivity contribution in [3.8, 4) is 0 Å². The summed E-state index contributed by atoms with van der Waals surface area (Å²) >= 11 is 1.63. The van der Waals surface area contributed by atoms with Gasteiger partial charge in [0, 0.05) is 0 Å². The second-order valence-electron chi connectivity index (χ2n) is 1.08. The Bertz CT molecular complexity index is 98.6. The number of rotatable bonds is 0. The Labute approximate surface area is 54.1 Å². The van der Waals surface area contributed by atoms with Crippen molar-refractivity contribution in [2.75, 3.05) is 0 Å². The number of hydrogen-bond donors (Lipinski definition) is 0. The summed E-state index contributed by atoms with van der Waals surface area (Å²) in [6, 6.07) is 0. The van der Waals surface area contributed by atoms with Crippen molar-refractivity contribution < 1.29 is 9.46 Å². The maximum Gasteiger partial charge on any atom is 0.333 e. The molecule has 1 heterocycles. The van der Waals surface area contributed by atoms with E-state index in [4.69, 9.17) is 0 Å². The smallest absolute Gasteiger partial charge is 0.333 e. The summed E-state index contributed by atoms with van der Waals surface area (Å²) in [5.41, 5.74) is 0. The second-order valence-corrected chi connectivity index (χ2v) is 3.40. The van der Waals surface area contributed by atoms with Crippen LogP contribution in [0.25, 0.3) is 0 Å². The zero-order valence-corrected chi connectivity index (χ0v) is 6.08. The van der Waals surface area contributed by atoms with Crippen LogP contribution in [0, 0.1) is 0 Å². The van der Waals surface area contributed by atoms with Crippen LogP contribution in [0.3, 0.4) is 0 Å². The summed E-state index contributed by atoms with van der Waals surface area (Å²) in [5.74, 6) is 0. The molecule has 0 spiro atoms. The highest BCUT2D eigenvalue weighted by Crippen LogP contribution is 2.02. The van der Waals surface area contributed by atoms with Gasteiger partial charge in [-0.2, -0.15) is 0 Å². The van der Waals surface area contributed by atoms with Gasteiger partial charge in [-0.05, 0) is 11.5 Å². The van der Waals surface area contributed by atoms with Crippen LogP contribution >= 0.6 is 11.2 Å². The molecule has 0 N–H and O–H groups in total. The molecule has 0 atom stereocenters. The Morgan fingerprint density at radius 2 is 2.38 bits per heavy atom. The highest BCUT2D eigenvalue weighted by molar-refractivity contribution is 8.24. The number of allylic oxidation sites excluding steroid dienone is 2. The molecule has 0 bridgehead atoms. The first-order valence-corrected chi connectivity index (χ1v) is 4.94. The maximum absolute atomic E-state index is 4.68. The molecule has 1 rings (SSSR count). The van der Waals surface area contributed by atoms with Gasteiger partial charge in [0.1, 0.15) is 6.26 Å². The normalized spacial score (nSPS) is 19.0. The summed E-state index contributed by atoms with van der Waals surface area (Å²) in [4.78, 5) is 4.56. The summed E-state index contributed by atoms with van der Waals surface area (Å²) in [5, 5.41) is 1.98. The average molecular weight is 145 g/mol. The van der Waals surface area contributed by atoms with Gasteiger partial charge in [0.25, 0.3) is 0 Å². The second kappa shape index (κ2) is 3.77. The largest absolute Gasteiger partial charge is 0.357 e. The fourth-order valence-electron chi connectivity index (χ4n) is 0.278. The van der Waals surface area contributed by atoms with Gasteiger partial charge in [0.2, 0.25) is 0 Å². The molecule has 0 aliphatic carbocycles. The van der Waals surface area contributed by atoms with Crippen molar-refractivity contribution in [1.29, 1.82) is 0 Å². The summed E-state index contributed by atoms with van der Waals surface area (Å²) in [6.45, 7) is 0. The third-order valence-electron chi connectivity index (χ3n) is 0.553. The fraction of sp³-hybridized carbons (Fsp3) is 0. The van der Waals surface area contributed by atoms with E-state index in [0.717, 1.165) is 0 Å². The van der Waals surface area contributed by atoms with Crippen LogP contribution in [0.4, 0.5) is 0 Å². The van der Waals surface area contributed by atoms with Crippen LogP contribution < -0.4 is 0 Å². The van der Waals surface area contributed by atoms with Crippen molar-refractivity contribution in [1.82, 2.24) is 0 Å². The molecule has 0 saturated heterocycles. The van der Waals surface area contributed by atoms with E-state index < -0.39 is 0 Å². The molecule has 0 saturated carbocycles. The first-order valence-electron chi connectivity index (χ1n) is 2.11. The van der Waals surface area contributed by atoms with E-state index in [-0.39, 0.29) is 8.91 Å². The van der Waals surface area contributed by atoms with E-state index in [0.29, 0.717) is 0 Å². The maximum atomic E-state index is 4.68. The minimum atomic E-state index is -0.0727. The summed E-state index contributed by atoms with van der Waals surface area (Å²) in [6.07, 6.45) is 5.22. The van der Waals surface area contributed by atoms with Gasteiger partial charge in [-0.1, -0.05) is 6.08 Å². The topological polar surface area (TPSA) is 18.5 Å². The van der Waals surface area contributed by atoms with E-state index in [1.807, 2.05) is 11.5 Å². The zero-order chi connectivity index (χ0) is 5.66. The molecule has 0 aromatic rings. The van der Waals surface area contributed by atoms with Gasteiger partial charge in [-0.15, -0.1) is 11.2 Å². The summed E-state index contributed by atoms with van der Waals surface area (Å²) < 4.78 is 4.68. The van der Waals surface area contributed by atoms with Crippen LogP contribution in [0.1, 0.15) is 0 Å². The predicted octanol–water partition coefficient (Wildman–Crippen LogP) is 0.975. The lowest BCUT2D eigenvalue weighted by Crippen LogP contribution is -1.90.